The van der Waals surface area contributed by atoms with Gasteiger partial charge in [0.05, 0.1) is 25.8 Å². The Morgan fingerprint density at radius 3 is 2.60 bits per heavy atom. The third-order valence-corrected chi connectivity index (χ3v) is 3.56. The Hall–Kier alpha value is -1.75. The summed E-state index contributed by atoms with van der Waals surface area (Å²) in [5, 5.41) is 3.21. The van der Waals surface area contributed by atoms with E-state index in [0.717, 1.165) is 26.1 Å². The molecule has 1 heterocycles. The Bertz CT molecular complexity index is 472. The summed E-state index contributed by atoms with van der Waals surface area (Å²) in [5.74, 6) is 1.10. The van der Waals surface area contributed by atoms with Gasteiger partial charge in [-0.2, -0.15) is 0 Å². The third kappa shape index (κ3) is 2.72. The number of carbonyl (C=O) groups is 1. The first-order valence-corrected chi connectivity index (χ1v) is 6.95. The molecule has 1 aromatic carbocycles. The Morgan fingerprint density at radius 1 is 1.35 bits per heavy atom. The van der Waals surface area contributed by atoms with Gasteiger partial charge in [0, 0.05) is 19.6 Å². The van der Waals surface area contributed by atoms with Gasteiger partial charge in [-0.25, -0.2) is 0 Å². The number of hydrogen-bond acceptors (Lipinski definition) is 4. The van der Waals surface area contributed by atoms with Gasteiger partial charge in [-0.15, -0.1) is 0 Å². The lowest BCUT2D eigenvalue weighted by Crippen LogP contribution is -2.59. The summed E-state index contributed by atoms with van der Waals surface area (Å²) in [6.07, 6.45) is 0.939. The van der Waals surface area contributed by atoms with Gasteiger partial charge >= 0.3 is 0 Å². The van der Waals surface area contributed by atoms with Crippen LogP contribution in [0, 0.1) is 0 Å². The molecule has 1 fully saturated rings. The number of benzene rings is 1. The van der Waals surface area contributed by atoms with Crippen molar-refractivity contribution in [2.75, 3.05) is 33.9 Å². The topological polar surface area (TPSA) is 50.8 Å². The highest BCUT2D eigenvalue weighted by atomic mass is 16.5. The van der Waals surface area contributed by atoms with Crippen molar-refractivity contribution in [2.45, 2.75) is 19.4 Å². The standard InChI is InChI=1S/C15H22N2O3/c1-4-8-17(11-9-16-10-11)15(18)12-6-5-7-13(19-2)14(12)20-3/h5-7,11,16H,4,8-10H2,1-3H3. The number of amides is 1. The summed E-state index contributed by atoms with van der Waals surface area (Å²) in [4.78, 5) is 14.7. The zero-order valence-electron chi connectivity index (χ0n) is 12.3. The summed E-state index contributed by atoms with van der Waals surface area (Å²) < 4.78 is 10.6. The van der Waals surface area contributed by atoms with Crippen LogP contribution in [0.4, 0.5) is 0 Å². The number of nitrogens with zero attached hydrogens (tertiary/aromatic N) is 1. The zero-order valence-corrected chi connectivity index (χ0v) is 12.3. The molecule has 0 atom stereocenters. The van der Waals surface area contributed by atoms with E-state index < -0.39 is 0 Å². The van der Waals surface area contributed by atoms with Crippen molar-refractivity contribution in [1.29, 1.82) is 0 Å². The van der Waals surface area contributed by atoms with Crippen molar-refractivity contribution in [2.24, 2.45) is 0 Å². The fourth-order valence-electron chi connectivity index (χ4n) is 2.39. The second-order valence-corrected chi connectivity index (χ2v) is 4.85. The zero-order chi connectivity index (χ0) is 14.5. The molecule has 0 bridgehead atoms. The van der Waals surface area contributed by atoms with Gasteiger partial charge in [-0.1, -0.05) is 13.0 Å². The predicted molar refractivity (Wildman–Crippen MR) is 77.5 cm³/mol. The van der Waals surface area contributed by atoms with E-state index in [4.69, 9.17) is 9.47 Å². The van der Waals surface area contributed by atoms with E-state index in [9.17, 15) is 4.79 Å². The van der Waals surface area contributed by atoms with Crippen molar-refractivity contribution < 1.29 is 14.3 Å². The van der Waals surface area contributed by atoms with Crippen molar-refractivity contribution in [3.05, 3.63) is 23.8 Å². The first kappa shape index (κ1) is 14.7. The van der Waals surface area contributed by atoms with E-state index in [1.165, 1.54) is 0 Å². The summed E-state index contributed by atoms with van der Waals surface area (Å²) in [6, 6.07) is 5.68. The molecule has 0 radical (unpaired) electrons. The fraction of sp³-hybridized carbons (Fsp3) is 0.533. The van der Waals surface area contributed by atoms with Gasteiger partial charge in [-0.05, 0) is 18.6 Å². The molecule has 1 amide bonds. The lowest BCUT2D eigenvalue weighted by atomic mass is 10.1. The van der Waals surface area contributed by atoms with Crippen LogP contribution in [-0.4, -0.2) is 50.7 Å². The van der Waals surface area contributed by atoms with Gasteiger partial charge in [0.2, 0.25) is 0 Å². The quantitative estimate of drug-likeness (QED) is 0.857. The molecule has 0 saturated carbocycles. The molecule has 2 rings (SSSR count). The molecule has 5 heteroatoms. The molecule has 0 aliphatic carbocycles. The Kier molecular flexibility index (Phi) is 4.84. The molecular formula is C15H22N2O3. The van der Waals surface area contributed by atoms with E-state index in [0.29, 0.717) is 17.1 Å². The van der Waals surface area contributed by atoms with Crippen molar-refractivity contribution in [3.8, 4) is 11.5 Å². The fourth-order valence-corrected chi connectivity index (χ4v) is 2.39. The lowest BCUT2D eigenvalue weighted by molar-refractivity contribution is 0.0612. The molecule has 1 aromatic rings. The Balaban J connectivity index is 2.30. The smallest absolute Gasteiger partial charge is 0.258 e. The Labute approximate surface area is 119 Å². The van der Waals surface area contributed by atoms with Crippen LogP contribution in [0.25, 0.3) is 0 Å². The van der Waals surface area contributed by atoms with E-state index in [-0.39, 0.29) is 11.9 Å². The van der Waals surface area contributed by atoms with E-state index in [1.807, 2.05) is 11.0 Å². The number of hydrogen-bond donors (Lipinski definition) is 1. The molecule has 0 spiro atoms. The number of ether oxygens (including phenoxy) is 2. The largest absolute Gasteiger partial charge is 0.493 e. The SMILES string of the molecule is CCCN(C(=O)c1cccc(OC)c1OC)C1CNC1. The predicted octanol–water partition coefficient (Wildman–Crippen LogP) is 1.53. The van der Waals surface area contributed by atoms with Crippen molar-refractivity contribution in [1.82, 2.24) is 10.2 Å². The van der Waals surface area contributed by atoms with Gasteiger partial charge in [0.1, 0.15) is 0 Å². The summed E-state index contributed by atoms with van der Waals surface area (Å²) in [6.45, 7) is 4.55. The maximum Gasteiger partial charge on any atom is 0.258 e. The number of nitrogens with one attached hydrogen (secondary N) is 1. The normalized spacial score (nSPS) is 14.6. The molecule has 1 aliphatic rings. The maximum atomic E-state index is 12.8. The second kappa shape index (κ2) is 6.61. The van der Waals surface area contributed by atoms with E-state index in [2.05, 4.69) is 12.2 Å². The average Bonchev–Trinajstić information content (AvgIpc) is 2.43. The van der Waals surface area contributed by atoms with Gasteiger partial charge in [0.25, 0.3) is 5.91 Å². The van der Waals surface area contributed by atoms with Gasteiger partial charge in [-0.3, -0.25) is 4.79 Å². The van der Waals surface area contributed by atoms with Crippen LogP contribution in [0.5, 0.6) is 11.5 Å². The minimum Gasteiger partial charge on any atom is -0.493 e. The molecule has 110 valence electrons. The van der Waals surface area contributed by atoms with E-state index in [1.54, 1.807) is 26.4 Å². The van der Waals surface area contributed by atoms with Crippen LogP contribution >= 0.6 is 0 Å². The number of rotatable bonds is 6. The molecular weight excluding hydrogens is 256 g/mol. The van der Waals surface area contributed by atoms with Crippen LogP contribution in [0.2, 0.25) is 0 Å². The van der Waals surface area contributed by atoms with Crippen molar-refractivity contribution >= 4 is 5.91 Å². The molecule has 0 unspecified atom stereocenters. The van der Waals surface area contributed by atoms with Gasteiger partial charge in [0.15, 0.2) is 11.5 Å². The van der Waals surface area contributed by atoms with Crippen LogP contribution in [0.1, 0.15) is 23.7 Å². The van der Waals surface area contributed by atoms with E-state index >= 15 is 0 Å². The van der Waals surface area contributed by atoms with Crippen LogP contribution in [-0.2, 0) is 0 Å². The highest BCUT2D eigenvalue weighted by molar-refractivity contribution is 5.98. The molecule has 1 aliphatic heterocycles. The third-order valence-electron chi connectivity index (χ3n) is 3.56. The Morgan fingerprint density at radius 2 is 2.10 bits per heavy atom. The summed E-state index contributed by atoms with van der Waals surface area (Å²) >= 11 is 0. The number of methoxy groups -OCH3 is 2. The molecule has 5 nitrogen and oxygen atoms in total. The van der Waals surface area contributed by atoms with Crippen LogP contribution in [0.15, 0.2) is 18.2 Å². The molecule has 20 heavy (non-hydrogen) atoms. The highest BCUT2D eigenvalue weighted by Crippen LogP contribution is 2.32. The first-order chi connectivity index (χ1) is 9.72. The van der Waals surface area contributed by atoms with Crippen LogP contribution < -0.4 is 14.8 Å². The second-order valence-electron chi connectivity index (χ2n) is 4.85. The van der Waals surface area contributed by atoms with Gasteiger partial charge < -0.3 is 19.7 Å². The average molecular weight is 278 g/mol. The summed E-state index contributed by atoms with van der Waals surface area (Å²) in [5.41, 5.74) is 0.562. The lowest BCUT2D eigenvalue weighted by Gasteiger charge is -2.38. The number of para-hydroxylation sites is 1. The summed E-state index contributed by atoms with van der Waals surface area (Å²) in [7, 11) is 3.13. The minimum absolute atomic E-state index is 0.00843. The molecule has 1 N–H and O–H groups in total. The minimum atomic E-state index is 0.00843. The molecule has 0 aromatic heterocycles. The van der Waals surface area contributed by atoms with Crippen molar-refractivity contribution in [3.63, 3.8) is 0 Å². The maximum absolute atomic E-state index is 12.8. The monoisotopic (exact) mass is 278 g/mol. The van der Waals surface area contributed by atoms with Crippen LogP contribution in [0.3, 0.4) is 0 Å². The molecule has 1 saturated heterocycles. The highest BCUT2D eigenvalue weighted by Gasteiger charge is 2.30. The first-order valence-electron chi connectivity index (χ1n) is 6.95. The number of carbonyl (C=O) groups excluding carboxylic acids is 1.